The van der Waals surface area contributed by atoms with Crippen molar-refractivity contribution in [3.63, 3.8) is 0 Å². The van der Waals surface area contributed by atoms with Gasteiger partial charge in [0.2, 0.25) is 0 Å². The van der Waals surface area contributed by atoms with Gasteiger partial charge >= 0.3 is 0 Å². The number of nitrogens with zero attached hydrogens (tertiary/aromatic N) is 6. The maximum Gasteiger partial charge on any atom is 0.250 e. The molecule has 3 aromatic rings. The van der Waals surface area contributed by atoms with Crippen LogP contribution in [-0.4, -0.2) is 62.5 Å². The van der Waals surface area contributed by atoms with Gasteiger partial charge in [-0.25, -0.2) is 14.6 Å². The standard InChI is InChI=1S/C21H24N6O.ClH/c1-17-18(16-24-27(17)21-22-9-3-10-23-21)4-2-11-25-12-14-26(15-13-25)19-5-7-20(28)8-6-19;/h2-10,16,28H,11-15H2,1H3;1H/b4-2+;. The topological polar surface area (TPSA) is 70.3 Å². The maximum absolute atomic E-state index is 9.43. The summed E-state index contributed by atoms with van der Waals surface area (Å²) in [5.41, 5.74) is 3.27. The van der Waals surface area contributed by atoms with Gasteiger partial charge in [0.05, 0.1) is 11.9 Å². The molecule has 2 aromatic heterocycles. The zero-order chi connectivity index (χ0) is 19.3. The number of hydrogen-bond donors (Lipinski definition) is 1. The van der Waals surface area contributed by atoms with E-state index in [2.05, 4.69) is 37.0 Å². The van der Waals surface area contributed by atoms with Gasteiger partial charge in [0, 0.05) is 56.4 Å². The Balaban J connectivity index is 0.00000240. The monoisotopic (exact) mass is 412 g/mol. The van der Waals surface area contributed by atoms with Gasteiger partial charge in [-0.2, -0.15) is 5.10 Å². The molecule has 1 aliphatic heterocycles. The van der Waals surface area contributed by atoms with E-state index >= 15 is 0 Å². The van der Waals surface area contributed by atoms with E-state index in [1.807, 2.05) is 25.3 Å². The van der Waals surface area contributed by atoms with E-state index in [4.69, 9.17) is 0 Å². The summed E-state index contributed by atoms with van der Waals surface area (Å²) in [5.74, 6) is 0.898. The number of halogens is 1. The molecule has 1 aromatic carbocycles. The highest BCUT2D eigenvalue weighted by molar-refractivity contribution is 5.85. The molecule has 0 spiro atoms. The lowest BCUT2D eigenvalue weighted by atomic mass is 10.2. The lowest BCUT2D eigenvalue weighted by Crippen LogP contribution is -2.46. The first-order valence-corrected chi connectivity index (χ1v) is 9.45. The number of aromatic nitrogens is 4. The summed E-state index contributed by atoms with van der Waals surface area (Å²) in [5, 5.41) is 13.8. The van der Waals surface area contributed by atoms with Crippen LogP contribution in [0.25, 0.3) is 12.0 Å². The smallest absolute Gasteiger partial charge is 0.250 e. The molecule has 0 radical (unpaired) electrons. The molecule has 0 amide bonds. The zero-order valence-electron chi connectivity index (χ0n) is 16.3. The third kappa shape index (κ3) is 4.93. The highest BCUT2D eigenvalue weighted by Gasteiger charge is 2.16. The van der Waals surface area contributed by atoms with Crippen LogP contribution in [-0.2, 0) is 0 Å². The number of aromatic hydroxyl groups is 1. The number of hydrogen-bond acceptors (Lipinski definition) is 6. The van der Waals surface area contributed by atoms with E-state index in [9.17, 15) is 5.11 Å². The maximum atomic E-state index is 9.43. The molecule has 152 valence electrons. The summed E-state index contributed by atoms with van der Waals surface area (Å²) in [6.45, 7) is 6.94. The van der Waals surface area contributed by atoms with E-state index in [1.54, 1.807) is 35.3 Å². The molecule has 8 heteroatoms. The lowest BCUT2D eigenvalue weighted by Gasteiger charge is -2.35. The minimum atomic E-state index is 0. The summed E-state index contributed by atoms with van der Waals surface area (Å²) < 4.78 is 1.76. The van der Waals surface area contributed by atoms with Gasteiger partial charge in [-0.15, -0.1) is 12.4 Å². The van der Waals surface area contributed by atoms with Gasteiger partial charge in [-0.05, 0) is 37.3 Å². The predicted molar refractivity (Wildman–Crippen MR) is 117 cm³/mol. The van der Waals surface area contributed by atoms with E-state index in [1.165, 1.54) is 5.69 Å². The molecule has 1 aliphatic rings. The van der Waals surface area contributed by atoms with Crippen molar-refractivity contribution in [2.45, 2.75) is 6.92 Å². The van der Waals surface area contributed by atoms with Crippen molar-refractivity contribution in [2.24, 2.45) is 0 Å². The minimum Gasteiger partial charge on any atom is -0.508 e. The molecule has 0 aliphatic carbocycles. The second-order valence-corrected chi connectivity index (χ2v) is 6.85. The molecule has 0 bridgehead atoms. The highest BCUT2D eigenvalue weighted by atomic mass is 35.5. The van der Waals surface area contributed by atoms with Crippen molar-refractivity contribution in [1.82, 2.24) is 24.6 Å². The molecule has 3 heterocycles. The number of phenols is 1. The molecule has 29 heavy (non-hydrogen) atoms. The van der Waals surface area contributed by atoms with E-state index in [0.717, 1.165) is 44.0 Å². The normalized spacial score (nSPS) is 14.9. The first kappa shape index (κ1) is 20.8. The third-order valence-corrected chi connectivity index (χ3v) is 5.04. The summed E-state index contributed by atoms with van der Waals surface area (Å²) in [7, 11) is 0. The number of benzene rings is 1. The fourth-order valence-corrected chi connectivity index (χ4v) is 3.37. The molecular weight excluding hydrogens is 388 g/mol. The molecule has 0 unspecified atom stereocenters. The lowest BCUT2D eigenvalue weighted by molar-refractivity contribution is 0.284. The Bertz CT molecular complexity index is 934. The first-order chi connectivity index (χ1) is 13.7. The number of piperazine rings is 1. The second kappa shape index (κ2) is 9.54. The van der Waals surface area contributed by atoms with Crippen molar-refractivity contribution in [3.8, 4) is 11.7 Å². The number of rotatable bonds is 5. The predicted octanol–water partition coefficient (Wildman–Crippen LogP) is 2.93. The molecule has 1 N–H and O–H groups in total. The van der Waals surface area contributed by atoms with Crippen molar-refractivity contribution in [3.05, 3.63) is 66.3 Å². The second-order valence-electron chi connectivity index (χ2n) is 6.85. The molecule has 1 fully saturated rings. The Morgan fingerprint density at radius 3 is 2.41 bits per heavy atom. The summed E-state index contributed by atoms with van der Waals surface area (Å²) in [6, 6.07) is 9.23. The average Bonchev–Trinajstić information content (AvgIpc) is 3.10. The Morgan fingerprint density at radius 2 is 1.72 bits per heavy atom. The molecule has 7 nitrogen and oxygen atoms in total. The zero-order valence-corrected chi connectivity index (χ0v) is 17.2. The van der Waals surface area contributed by atoms with Crippen LogP contribution in [0.2, 0.25) is 0 Å². The quantitative estimate of drug-likeness (QED) is 0.694. The van der Waals surface area contributed by atoms with Gasteiger partial charge in [-0.3, -0.25) is 4.90 Å². The van der Waals surface area contributed by atoms with Gasteiger partial charge in [0.1, 0.15) is 5.75 Å². The molecular formula is C21H25ClN6O. The number of phenolic OH excluding ortho intramolecular Hbond substituents is 1. The third-order valence-electron chi connectivity index (χ3n) is 5.04. The van der Waals surface area contributed by atoms with Crippen LogP contribution in [0.4, 0.5) is 5.69 Å². The van der Waals surface area contributed by atoms with Crippen molar-refractivity contribution in [2.75, 3.05) is 37.6 Å². The average molecular weight is 413 g/mol. The van der Waals surface area contributed by atoms with Crippen molar-refractivity contribution >= 4 is 24.2 Å². The molecule has 0 saturated carbocycles. The van der Waals surface area contributed by atoms with Crippen molar-refractivity contribution < 1.29 is 5.11 Å². The van der Waals surface area contributed by atoms with Crippen LogP contribution in [0, 0.1) is 6.92 Å². The first-order valence-electron chi connectivity index (χ1n) is 9.45. The van der Waals surface area contributed by atoms with E-state index in [-0.39, 0.29) is 12.4 Å². The summed E-state index contributed by atoms with van der Waals surface area (Å²) in [6.07, 6.45) is 9.60. The molecule has 0 atom stereocenters. The van der Waals surface area contributed by atoms with Crippen LogP contribution < -0.4 is 4.90 Å². The summed E-state index contributed by atoms with van der Waals surface area (Å²) in [4.78, 5) is 13.3. The van der Waals surface area contributed by atoms with Crippen LogP contribution in [0.15, 0.2) is 55.0 Å². The SMILES string of the molecule is Cc1c(/C=C/CN2CCN(c3ccc(O)cc3)CC2)cnn1-c1ncccn1.Cl. The van der Waals surface area contributed by atoms with Crippen molar-refractivity contribution in [1.29, 1.82) is 0 Å². The van der Waals surface area contributed by atoms with E-state index < -0.39 is 0 Å². The van der Waals surface area contributed by atoms with Gasteiger partial charge in [0.25, 0.3) is 5.95 Å². The van der Waals surface area contributed by atoms with Crippen LogP contribution in [0.1, 0.15) is 11.3 Å². The largest absolute Gasteiger partial charge is 0.508 e. The fraction of sp³-hybridized carbons (Fsp3) is 0.286. The Morgan fingerprint density at radius 1 is 1.03 bits per heavy atom. The van der Waals surface area contributed by atoms with Crippen LogP contribution in [0.3, 0.4) is 0 Å². The minimum absolute atomic E-state index is 0. The highest BCUT2D eigenvalue weighted by Crippen LogP contribution is 2.20. The van der Waals surface area contributed by atoms with E-state index in [0.29, 0.717) is 11.7 Å². The van der Waals surface area contributed by atoms with Crippen LogP contribution >= 0.6 is 12.4 Å². The molecule has 1 saturated heterocycles. The van der Waals surface area contributed by atoms with Gasteiger partial charge < -0.3 is 10.0 Å². The summed E-state index contributed by atoms with van der Waals surface area (Å²) >= 11 is 0. The Labute approximate surface area is 176 Å². The molecule has 4 rings (SSSR count). The van der Waals surface area contributed by atoms with Gasteiger partial charge in [0.15, 0.2) is 0 Å². The van der Waals surface area contributed by atoms with Crippen LogP contribution in [0.5, 0.6) is 5.75 Å². The number of anilines is 1. The Kier molecular flexibility index (Phi) is 6.85. The van der Waals surface area contributed by atoms with Gasteiger partial charge in [-0.1, -0.05) is 12.2 Å². The Hall–Kier alpha value is -2.90. The fourth-order valence-electron chi connectivity index (χ4n) is 3.37.